The second-order valence-corrected chi connectivity index (χ2v) is 8.37. The van der Waals surface area contributed by atoms with Crippen LogP contribution in [0.25, 0.3) is 11.1 Å². The Kier molecular flexibility index (Phi) is 9.42. The van der Waals surface area contributed by atoms with Gasteiger partial charge in [-0.25, -0.2) is 0 Å². The zero-order valence-electron chi connectivity index (χ0n) is 15.8. The zero-order valence-corrected chi connectivity index (χ0v) is 18.9. The first-order valence-electron chi connectivity index (χ1n) is 9.58. The molecule has 138 valence electrons. The fourth-order valence-corrected chi connectivity index (χ4v) is 3.46. The molecule has 0 aliphatic heterocycles. The van der Waals surface area contributed by atoms with Gasteiger partial charge in [-0.05, 0) is 59.4 Å². The highest BCUT2D eigenvalue weighted by Gasteiger charge is 2.11. The van der Waals surface area contributed by atoms with Crippen molar-refractivity contribution < 1.29 is 0 Å². The Morgan fingerprint density at radius 2 is 1.00 bits per heavy atom. The number of rotatable bonds is 9. The molecule has 2 heteroatoms. The van der Waals surface area contributed by atoms with Gasteiger partial charge in [-0.1, -0.05) is 108 Å². The number of halogens is 2. The van der Waals surface area contributed by atoms with Crippen LogP contribution in [0.15, 0.2) is 69.6 Å². The van der Waals surface area contributed by atoms with E-state index in [4.69, 9.17) is 0 Å². The molecule has 0 radical (unpaired) electrons. The predicted molar refractivity (Wildman–Crippen MR) is 123 cm³/mol. The van der Waals surface area contributed by atoms with Crippen molar-refractivity contribution in [2.24, 2.45) is 0 Å². The maximum Gasteiger partial charge on any atom is 0.0175 e. The molecule has 0 fully saturated rings. The molecule has 0 amide bonds. The van der Waals surface area contributed by atoms with Crippen LogP contribution in [-0.2, 0) is 0 Å². The summed E-state index contributed by atoms with van der Waals surface area (Å²) >= 11 is 7.12. The van der Waals surface area contributed by atoms with Crippen LogP contribution in [0.2, 0.25) is 0 Å². The van der Waals surface area contributed by atoms with Crippen molar-refractivity contribution in [1.29, 1.82) is 0 Å². The summed E-state index contributed by atoms with van der Waals surface area (Å²) in [4.78, 5) is 0. The molecule has 0 aliphatic rings. The van der Waals surface area contributed by atoms with E-state index in [-0.39, 0.29) is 0 Å². The summed E-state index contributed by atoms with van der Waals surface area (Å²) in [5.41, 5.74) is 5.28. The highest BCUT2D eigenvalue weighted by atomic mass is 79.9. The Hall–Kier alpha value is -1.12. The van der Waals surface area contributed by atoms with Crippen molar-refractivity contribution in [1.82, 2.24) is 0 Å². The number of benzene rings is 2. The number of hydrogen-bond acceptors (Lipinski definition) is 0. The minimum Gasteiger partial charge on any atom is -0.0760 e. The average Bonchev–Trinajstić information content (AvgIpc) is 2.65. The molecule has 2 aromatic rings. The lowest BCUT2D eigenvalue weighted by atomic mass is 9.90. The highest BCUT2D eigenvalue weighted by molar-refractivity contribution is 9.10. The number of allylic oxidation sites excluding steroid dienone is 4. The van der Waals surface area contributed by atoms with Gasteiger partial charge in [0.1, 0.15) is 0 Å². The van der Waals surface area contributed by atoms with Crippen molar-refractivity contribution >= 4 is 43.0 Å². The van der Waals surface area contributed by atoms with Crippen LogP contribution in [0, 0.1) is 0 Å². The Morgan fingerprint density at radius 3 is 1.31 bits per heavy atom. The molecule has 0 unspecified atom stereocenters. The van der Waals surface area contributed by atoms with E-state index in [2.05, 4.69) is 106 Å². The third-order valence-electron chi connectivity index (χ3n) is 4.41. The minimum atomic E-state index is 1.11. The van der Waals surface area contributed by atoms with E-state index in [0.717, 1.165) is 21.8 Å². The van der Waals surface area contributed by atoms with E-state index in [1.54, 1.807) is 0 Å². The molecule has 0 heterocycles. The summed E-state index contributed by atoms with van der Waals surface area (Å²) in [6.45, 7) is 4.50. The standard InChI is InChI=1S/C24H28Br2/c1-3-5-7-9-23(19-11-15-21(25)16-12-19)24(10-8-6-4-2)20-13-17-22(26)18-14-20/h9-18H,3-8H2,1-2H3. The van der Waals surface area contributed by atoms with Crippen molar-refractivity contribution in [2.45, 2.75) is 52.4 Å². The van der Waals surface area contributed by atoms with Gasteiger partial charge in [-0.3, -0.25) is 0 Å². The average molecular weight is 476 g/mol. The number of unbranched alkanes of at least 4 members (excludes halogenated alkanes) is 4. The Labute approximate surface area is 175 Å². The van der Waals surface area contributed by atoms with Crippen LogP contribution < -0.4 is 0 Å². The smallest absolute Gasteiger partial charge is 0.0175 e. The molecule has 0 bridgehead atoms. The molecule has 0 aromatic heterocycles. The monoisotopic (exact) mass is 474 g/mol. The molecule has 0 aliphatic carbocycles. The lowest BCUT2D eigenvalue weighted by Gasteiger charge is -2.15. The maximum atomic E-state index is 3.56. The first-order chi connectivity index (χ1) is 12.7. The second-order valence-electron chi connectivity index (χ2n) is 6.53. The third-order valence-corrected chi connectivity index (χ3v) is 5.47. The highest BCUT2D eigenvalue weighted by Crippen LogP contribution is 2.34. The van der Waals surface area contributed by atoms with Crippen LogP contribution >= 0.6 is 31.9 Å². The summed E-state index contributed by atoms with van der Waals surface area (Å²) in [6, 6.07) is 17.4. The van der Waals surface area contributed by atoms with Crippen molar-refractivity contribution in [3.63, 3.8) is 0 Å². The van der Waals surface area contributed by atoms with Crippen molar-refractivity contribution in [3.05, 3.63) is 80.8 Å². The second kappa shape index (κ2) is 11.6. The predicted octanol–water partition coefficient (Wildman–Crippen LogP) is 9.06. The molecule has 2 rings (SSSR count). The van der Waals surface area contributed by atoms with Crippen LogP contribution in [-0.4, -0.2) is 0 Å². The fourth-order valence-electron chi connectivity index (χ4n) is 2.93. The Morgan fingerprint density at radius 1 is 0.654 bits per heavy atom. The van der Waals surface area contributed by atoms with Crippen LogP contribution in [0.1, 0.15) is 63.5 Å². The van der Waals surface area contributed by atoms with Gasteiger partial charge in [-0.15, -0.1) is 0 Å². The summed E-state index contributed by atoms with van der Waals surface area (Å²) < 4.78 is 2.24. The molecule has 26 heavy (non-hydrogen) atoms. The van der Waals surface area contributed by atoms with E-state index in [1.807, 2.05) is 0 Å². The first-order valence-corrected chi connectivity index (χ1v) is 11.2. The van der Waals surface area contributed by atoms with Gasteiger partial charge < -0.3 is 0 Å². The lowest BCUT2D eigenvalue weighted by molar-refractivity contribution is 0.814. The molecule has 0 saturated heterocycles. The number of hydrogen-bond donors (Lipinski definition) is 0. The van der Waals surface area contributed by atoms with Crippen molar-refractivity contribution in [3.8, 4) is 0 Å². The third kappa shape index (κ3) is 6.55. The van der Waals surface area contributed by atoms with Gasteiger partial charge in [0.25, 0.3) is 0 Å². The van der Waals surface area contributed by atoms with Gasteiger partial charge in [0.15, 0.2) is 0 Å². The maximum absolute atomic E-state index is 3.56. The zero-order chi connectivity index (χ0) is 18.8. The van der Waals surface area contributed by atoms with E-state index in [0.29, 0.717) is 0 Å². The molecule has 0 saturated carbocycles. The molecule has 0 spiro atoms. The minimum absolute atomic E-state index is 1.11. The van der Waals surface area contributed by atoms with E-state index in [1.165, 1.54) is 48.0 Å². The quantitative estimate of drug-likeness (QED) is 0.250. The summed E-state index contributed by atoms with van der Waals surface area (Å²) in [5.74, 6) is 0. The summed E-state index contributed by atoms with van der Waals surface area (Å²) in [7, 11) is 0. The van der Waals surface area contributed by atoms with Crippen LogP contribution in [0.4, 0.5) is 0 Å². The normalized spacial score (nSPS) is 12.5. The molecular formula is C24H28Br2. The molecule has 0 nitrogen and oxygen atoms in total. The van der Waals surface area contributed by atoms with Gasteiger partial charge in [0.05, 0.1) is 0 Å². The van der Waals surface area contributed by atoms with Gasteiger partial charge >= 0.3 is 0 Å². The van der Waals surface area contributed by atoms with Crippen molar-refractivity contribution in [2.75, 3.05) is 0 Å². The van der Waals surface area contributed by atoms with Gasteiger partial charge in [0.2, 0.25) is 0 Å². The van der Waals surface area contributed by atoms with Gasteiger partial charge in [-0.2, -0.15) is 0 Å². The van der Waals surface area contributed by atoms with Crippen LogP contribution in [0.5, 0.6) is 0 Å². The topological polar surface area (TPSA) is 0 Å². The summed E-state index contributed by atoms with van der Waals surface area (Å²) in [5, 5.41) is 0. The van der Waals surface area contributed by atoms with E-state index < -0.39 is 0 Å². The Balaban J connectivity index is 2.48. The van der Waals surface area contributed by atoms with E-state index in [9.17, 15) is 0 Å². The summed E-state index contributed by atoms with van der Waals surface area (Å²) in [6.07, 6.45) is 12.0. The van der Waals surface area contributed by atoms with Crippen LogP contribution in [0.3, 0.4) is 0 Å². The first kappa shape index (κ1) is 21.2. The van der Waals surface area contributed by atoms with E-state index >= 15 is 0 Å². The fraction of sp³-hybridized carbons (Fsp3) is 0.333. The molecule has 0 N–H and O–H groups in total. The largest absolute Gasteiger partial charge is 0.0760 e. The Bertz CT molecular complexity index is 656. The van der Waals surface area contributed by atoms with Gasteiger partial charge in [0, 0.05) is 8.95 Å². The molecule has 0 atom stereocenters. The molecule has 2 aromatic carbocycles. The SMILES string of the molecule is CCCCC=C(C(=CCCCC)c1ccc(Br)cc1)c1ccc(Br)cc1. The molecular weight excluding hydrogens is 448 g/mol. The lowest BCUT2D eigenvalue weighted by Crippen LogP contribution is -1.92.